The monoisotopic (exact) mass is 218 g/mol. The summed E-state index contributed by atoms with van der Waals surface area (Å²) in [6.07, 6.45) is 0. The molecule has 0 heterocycles. The molecule has 0 aliphatic rings. The molecule has 0 spiro atoms. The Balaban J connectivity index is 3.07. The minimum absolute atomic E-state index is 0.478. The third-order valence-electron chi connectivity index (χ3n) is 2.43. The Hall–Kier alpha value is -2.02. The van der Waals surface area contributed by atoms with E-state index in [1.807, 2.05) is 18.2 Å². The maximum atomic E-state index is 11.0. The van der Waals surface area contributed by atoms with Crippen molar-refractivity contribution >= 4 is 11.7 Å². The molecule has 0 bridgehead atoms. The Morgan fingerprint density at radius 2 is 1.94 bits per heavy atom. The highest BCUT2D eigenvalue weighted by atomic mass is 16.4. The molecule has 2 unspecified atom stereocenters. The first kappa shape index (κ1) is 12.1. The van der Waals surface area contributed by atoms with E-state index in [2.05, 4.69) is 6.07 Å². The van der Waals surface area contributed by atoms with Crippen LogP contribution in [0.5, 0.6) is 0 Å². The predicted molar refractivity (Wildman–Crippen MR) is 61.1 cm³/mol. The fourth-order valence-electron chi connectivity index (χ4n) is 1.56. The molecule has 1 aromatic carbocycles. The van der Waals surface area contributed by atoms with Crippen LogP contribution in [-0.2, 0) is 4.79 Å². The largest absolute Gasteiger partial charge is 0.480 e. The highest BCUT2D eigenvalue weighted by molar-refractivity contribution is 5.78. The van der Waals surface area contributed by atoms with E-state index in [9.17, 15) is 4.79 Å². The number of aliphatic carboxylic acids is 1. The lowest BCUT2D eigenvalue weighted by Gasteiger charge is -2.30. The van der Waals surface area contributed by atoms with Crippen molar-refractivity contribution in [2.24, 2.45) is 0 Å². The standard InChI is InChI=1S/C12H14N2O2/c1-9(8-13)14(10(2)12(15)16)11-6-4-3-5-7-11/h3-7,9-10H,1-2H3,(H,15,16). The minimum Gasteiger partial charge on any atom is -0.480 e. The predicted octanol–water partition coefficient (Wildman–Crippen LogP) is 1.88. The molecule has 0 fully saturated rings. The van der Waals surface area contributed by atoms with Crippen molar-refractivity contribution in [2.45, 2.75) is 25.9 Å². The molecule has 0 amide bonds. The van der Waals surface area contributed by atoms with E-state index in [0.29, 0.717) is 0 Å². The smallest absolute Gasteiger partial charge is 0.326 e. The van der Waals surface area contributed by atoms with Crippen LogP contribution in [-0.4, -0.2) is 23.2 Å². The molecule has 1 rings (SSSR count). The summed E-state index contributed by atoms with van der Waals surface area (Å²) in [5.41, 5.74) is 0.742. The van der Waals surface area contributed by atoms with Crippen LogP contribution in [0.15, 0.2) is 30.3 Å². The number of rotatable bonds is 4. The molecule has 0 aliphatic carbocycles. The zero-order valence-electron chi connectivity index (χ0n) is 9.29. The molecule has 2 atom stereocenters. The van der Waals surface area contributed by atoms with Crippen LogP contribution in [0.3, 0.4) is 0 Å². The van der Waals surface area contributed by atoms with E-state index in [1.54, 1.807) is 30.9 Å². The molecular weight excluding hydrogens is 204 g/mol. The van der Waals surface area contributed by atoms with Gasteiger partial charge in [0.1, 0.15) is 12.1 Å². The molecule has 16 heavy (non-hydrogen) atoms. The van der Waals surface area contributed by atoms with Gasteiger partial charge in [-0.3, -0.25) is 0 Å². The van der Waals surface area contributed by atoms with E-state index in [4.69, 9.17) is 10.4 Å². The number of anilines is 1. The van der Waals surface area contributed by atoms with Crippen molar-refractivity contribution in [2.75, 3.05) is 4.90 Å². The van der Waals surface area contributed by atoms with Gasteiger partial charge in [-0.05, 0) is 26.0 Å². The molecule has 1 N–H and O–H groups in total. The number of hydrogen-bond acceptors (Lipinski definition) is 3. The van der Waals surface area contributed by atoms with Crippen LogP contribution < -0.4 is 4.90 Å². The zero-order chi connectivity index (χ0) is 12.1. The van der Waals surface area contributed by atoms with Gasteiger partial charge in [-0.15, -0.1) is 0 Å². The lowest BCUT2D eigenvalue weighted by Crippen LogP contribution is -2.44. The average Bonchev–Trinajstić information content (AvgIpc) is 2.30. The third kappa shape index (κ3) is 2.51. The van der Waals surface area contributed by atoms with Gasteiger partial charge in [0.15, 0.2) is 0 Å². The number of nitrogens with zero attached hydrogens (tertiary/aromatic N) is 2. The maximum absolute atomic E-state index is 11.0. The molecule has 84 valence electrons. The molecule has 0 aromatic heterocycles. The van der Waals surface area contributed by atoms with E-state index in [0.717, 1.165) is 5.69 Å². The Morgan fingerprint density at radius 3 is 2.38 bits per heavy atom. The van der Waals surface area contributed by atoms with Gasteiger partial charge in [0, 0.05) is 5.69 Å². The van der Waals surface area contributed by atoms with Crippen molar-refractivity contribution in [1.29, 1.82) is 5.26 Å². The second-order valence-corrected chi connectivity index (χ2v) is 3.56. The van der Waals surface area contributed by atoms with Crippen LogP contribution in [0, 0.1) is 11.3 Å². The number of carbonyl (C=O) groups is 1. The summed E-state index contributed by atoms with van der Waals surface area (Å²) in [4.78, 5) is 12.6. The van der Waals surface area contributed by atoms with E-state index in [1.165, 1.54) is 0 Å². The van der Waals surface area contributed by atoms with Crippen LogP contribution in [0.1, 0.15) is 13.8 Å². The van der Waals surface area contributed by atoms with Crippen molar-refractivity contribution < 1.29 is 9.90 Å². The summed E-state index contributed by atoms with van der Waals surface area (Å²) >= 11 is 0. The molecular formula is C12H14N2O2. The maximum Gasteiger partial charge on any atom is 0.326 e. The first-order valence-electron chi connectivity index (χ1n) is 5.03. The van der Waals surface area contributed by atoms with Gasteiger partial charge in [-0.2, -0.15) is 5.26 Å². The molecule has 4 heteroatoms. The van der Waals surface area contributed by atoms with Gasteiger partial charge >= 0.3 is 5.97 Å². The fraction of sp³-hybridized carbons (Fsp3) is 0.333. The van der Waals surface area contributed by atoms with Gasteiger partial charge in [-0.25, -0.2) is 4.79 Å². The lowest BCUT2D eigenvalue weighted by molar-refractivity contribution is -0.138. The van der Waals surface area contributed by atoms with Gasteiger partial charge in [0.2, 0.25) is 0 Å². The van der Waals surface area contributed by atoms with Crippen LogP contribution >= 0.6 is 0 Å². The number of benzene rings is 1. The average molecular weight is 218 g/mol. The SMILES string of the molecule is CC(C#N)N(c1ccccc1)C(C)C(=O)O. The zero-order valence-corrected chi connectivity index (χ0v) is 9.29. The number of para-hydroxylation sites is 1. The molecule has 0 aliphatic heterocycles. The Morgan fingerprint density at radius 1 is 1.38 bits per heavy atom. The third-order valence-corrected chi connectivity index (χ3v) is 2.43. The van der Waals surface area contributed by atoms with Gasteiger partial charge < -0.3 is 10.0 Å². The summed E-state index contributed by atoms with van der Waals surface area (Å²) < 4.78 is 0. The van der Waals surface area contributed by atoms with Crippen molar-refractivity contribution in [3.63, 3.8) is 0 Å². The van der Waals surface area contributed by atoms with E-state index < -0.39 is 18.1 Å². The van der Waals surface area contributed by atoms with Crippen LogP contribution in [0.25, 0.3) is 0 Å². The highest BCUT2D eigenvalue weighted by Crippen LogP contribution is 2.19. The van der Waals surface area contributed by atoms with Crippen LogP contribution in [0.4, 0.5) is 5.69 Å². The minimum atomic E-state index is -0.939. The first-order chi connectivity index (χ1) is 7.57. The quantitative estimate of drug-likeness (QED) is 0.838. The summed E-state index contributed by atoms with van der Waals surface area (Å²) in [5.74, 6) is -0.939. The Labute approximate surface area is 94.7 Å². The molecule has 1 aromatic rings. The van der Waals surface area contributed by atoms with Crippen LogP contribution in [0.2, 0.25) is 0 Å². The number of carboxylic acids is 1. The number of hydrogen-bond donors (Lipinski definition) is 1. The van der Waals surface area contributed by atoms with Crippen molar-refractivity contribution in [3.8, 4) is 6.07 Å². The lowest BCUT2D eigenvalue weighted by atomic mass is 10.1. The highest BCUT2D eigenvalue weighted by Gasteiger charge is 2.25. The summed E-state index contributed by atoms with van der Waals surface area (Å²) in [7, 11) is 0. The number of carboxylic acid groups (broad SMARTS) is 1. The fourth-order valence-corrected chi connectivity index (χ4v) is 1.56. The molecule has 4 nitrogen and oxygen atoms in total. The normalized spacial score (nSPS) is 13.6. The topological polar surface area (TPSA) is 64.3 Å². The second-order valence-electron chi connectivity index (χ2n) is 3.56. The summed E-state index contributed by atoms with van der Waals surface area (Å²) in [6.45, 7) is 3.26. The van der Waals surface area contributed by atoms with Gasteiger partial charge in [-0.1, -0.05) is 18.2 Å². The Bertz CT molecular complexity index is 397. The first-order valence-corrected chi connectivity index (χ1v) is 5.03. The van der Waals surface area contributed by atoms with Gasteiger partial charge in [0.05, 0.1) is 6.07 Å². The summed E-state index contributed by atoms with van der Waals surface area (Å²) in [5, 5.41) is 17.9. The number of nitriles is 1. The molecule has 0 saturated carbocycles. The van der Waals surface area contributed by atoms with E-state index >= 15 is 0 Å². The second kappa shape index (κ2) is 5.17. The van der Waals surface area contributed by atoms with Gasteiger partial charge in [0.25, 0.3) is 0 Å². The van der Waals surface area contributed by atoms with Crippen molar-refractivity contribution in [1.82, 2.24) is 0 Å². The molecule has 0 radical (unpaired) electrons. The molecule has 0 saturated heterocycles. The van der Waals surface area contributed by atoms with Crippen molar-refractivity contribution in [3.05, 3.63) is 30.3 Å². The Kier molecular flexibility index (Phi) is 3.90. The van der Waals surface area contributed by atoms with E-state index in [-0.39, 0.29) is 0 Å². The summed E-state index contributed by atoms with van der Waals surface area (Å²) in [6, 6.07) is 9.95.